The van der Waals surface area contributed by atoms with Gasteiger partial charge in [-0.05, 0) is 46.5 Å². The molecule has 0 saturated carbocycles. The van der Waals surface area contributed by atoms with Gasteiger partial charge in [0, 0.05) is 5.92 Å². The number of hydrogen-bond donors (Lipinski definition) is 0. The third-order valence-electron chi connectivity index (χ3n) is 3.89. The first-order valence-electron chi connectivity index (χ1n) is 5.35. The molecule has 2 aliphatic rings. The Morgan fingerprint density at radius 1 is 1.46 bits per heavy atom. The average Bonchev–Trinajstić information content (AvgIpc) is 2.02. The second kappa shape index (κ2) is 2.84. The number of fused-ring (bicyclic) bond motifs is 2. The lowest BCUT2D eigenvalue weighted by Gasteiger charge is -2.48. The van der Waals surface area contributed by atoms with Crippen molar-refractivity contribution in [3.63, 3.8) is 0 Å². The first-order chi connectivity index (χ1) is 6.00. The van der Waals surface area contributed by atoms with Crippen LogP contribution in [0, 0.1) is 11.8 Å². The molecule has 0 aromatic carbocycles. The maximum Gasteiger partial charge on any atom is 0.0661 e. The maximum absolute atomic E-state index is 6.07. The van der Waals surface area contributed by atoms with Gasteiger partial charge in [-0.15, -0.1) is 0 Å². The average molecular weight is 180 g/mol. The van der Waals surface area contributed by atoms with Crippen molar-refractivity contribution < 1.29 is 4.74 Å². The molecule has 74 valence electrons. The van der Waals surface area contributed by atoms with Crippen LogP contribution in [-0.4, -0.2) is 11.7 Å². The van der Waals surface area contributed by atoms with Crippen LogP contribution in [0.3, 0.4) is 0 Å². The fraction of sp³-hybridized carbons (Fsp3) is 0.833. The minimum Gasteiger partial charge on any atom is -0.372 e. The summed E-state index contributed by atoms with van der Waals surface area (Å²) in [6, 6.07) is 0. The standard InChI is InChI=1S/C12H20O/c1-8-5-6-10-7-11(8)9(2)13-12(10,3)4/h5,9-11H,6-7H2,1-4H3/t9-,10+,11+/m1/s1. The third kappa shape index (κ3) is 1.43. The molecule has 13 heavy (non-hydrogen) atoms. The molecule has 1 heterocycles. The van der Waals surface area contributed by atoms with Crippen LogP contribution in [0.15, 0.2) is 11.6 Å². The highest BCUT2D eigenvalue weighted by Crippen LogP contribution is 2.44. The summed E-state index contributed by atoms with van der Waals surface area (Å²) in [5, 5.41) is 0. The van der Waals surface area contributed by atoms with Gasteiger partial charge in [0.1, 0.15) is 0 Å². The molecule has 0 amide bonds. The van der Waals surface area contributed by atoms with Gasteiger partial charge in [0.2, 0.25) is 0 Å². The second-order valence-corrected chi connectivity index (χ2v) is 5.15. The Hall–Kier alpha value is -0.300. The van der Waals surface area contributed by atoms with E-state index in [0.717, 1.165) is 5.92 Å². The van der Waals surface area contributed by atoms with Gasteiger partial charge in [0.25, 0.3) is 0 Å². The quantitative estimate of drug-likeness (QED) is 0.520. The summed E-state index contributed by atoms with van der Waals surface area (Å²) >= 11 is 0. The van der Waals surface area contributed by atoms with E-state index in [4.69, 9.17) is 4.74 Å². The lowest BCUT2D eigenvalue weighted by Crippen LogP contribution is -2.48. The molecule has 0 N–H and O–H groups in total. The summed E-state index contributed by atoms with van der Waals surface area (Å²) in [4.78, 5) is 0. The molecule has 1 fully saturated rings. The van der Waals surface area contributed by atoms with Crippen LogP contribution in [0.1, 0.15) is 40.5 Å². The van der Waals surface area contributed by atoms with Gasteiger partial charge < -0.3 is 4.74 Å². The van der Waals surface area contributed by atoms with E-state index in [1.165, 1.54) is 12.8 Å². The van der Waals surface area contributed by atoms with Gasteiger partial charge in [-0.1, -0.05) is 11.6 Å². The van der Waals surface area contributed by atoms with Crippen molar-refractivity contribution in [2.75, 3.05) is 0 Å². The van der Waals surface area contributed by atoms with Crippen molar-refractivity contribution in [2.45, 2.75) is 52.2 Å². The van der Waals surface area contributed by atoms with E-state index in [0.29, 0.717) is 12.0 Å². The molecular weight excluding hydrogens is 160 g/mol. The van der Waals surface area contributed by atoms with Gasteiger partial charge in [0.05, 0.1) is 11.7 Å². The molecule has 2 rings (SSSR count). The molecule has 0 spiro atoms. The predicted molar refractivity (Wildman–Crippen MR) is 54.6 cm³/mol. The lowest BCUT2D eigenvalue weighted by atomic mass is 9.70. The Morgan fingerprint density at radius 2 is 2.15 bits per heavy atom. The fourth-order valence-electron chi connectivity index (χ4n) is 2.86. The summed E-state index contributed by atoms with van der Waals surface area (Å²) in [7, 11) is 0. The number of ether oxygens (including phenoxy) is 1. The van der Waals surface area contributed by atoms with Crippen molar-refractivity contribution in [2.24, 2.45) is 11.8 Å². The molecule has 1 heteroatoms. The second-order valence-electron chi connectivity index (χ2n) is 5.15. The molecule has 3 atom stereocenters. The molecule has 2 bridgehead atoms. The topological polar surface area (TPSA) is 9.23 Å². The Balaban J connectivity index is 2.27. The molecule has 0 aromatic rings. The molecule has 1 aliphatic heterocycles. The van der Waals surface area contributed by atoms with Crippen LogP contribution in [-0.2, 0) is 4.74 Å². The van der Waals surface area contributed by atoms with E-state index >= 15 is 0 Å². The first-order valence-corrected chi connectivity index (χ1v) is 5.35. The van der Waals surface area contributed by atoms with Crippen molar-refractivity contribution >= 4 is 0 Å². The maximum atomic E-state index is 6.07. The SMILES string of the molecule is CC1=CC[C@H]2C[C@@H]1[C@@H](C)OC2(C)C. The molecule has 0 unspecified atom stereocenters. The largest absolute Gasteiger partial charge is 0.372 e. The summed E-state index contributed by atoms with van der Waals surface area (Å²) in [5.41, 5.74) is 1.63. The van der Waals surface area contributed by atoms with Crippen LogP contribution in [0.5, 0.6) is 0 Å². The number of hydrogen-bond acceptors (Lipinski definition) is 1. The highest BCUT2D eigenvalue weighted by atomic mass is 16.5. The van der Waals surface area contributed by atoms with Crippen molar-refractivity contribution in [1.29, 1.82) is 0 Å². The lowest BCUT2D eigenvalue weighted by molar-refractivity contribution is -0.156. The zero-order valence-electron chi connectivity index (χ0n) is 9.13. The van der Waals surface area contributed by atoms with E-state index in [9.17, 15) is 0 Å². The minimum atomic E-state index is 0.0904. The van der Waals surface area contributed by atoms with E-state index in [1.54, 1.807) is 5.57 Å². The van der Waals surface area contributed by atoms with Crippen molar-refractivity contribution in [1.82, 2.24) is 0 Å². The smallest absolute Gasteiger partial charge is 0.0661 e. The van der Waals surface area contributed by atoms with E-state index < -0.39 is 0 Å². The summed E-state index contributed by atoms with van der Waals surface area (Å²) in [5.74, 6) is 1.42. The van der Waals surface area contributed by atoms with Crippen molar-refractivity contribution in [3.8, 4) is 0 Å². The summed E-state index contributed by atoms with van der Waals surface area (Å²) < 4.78 is 6.07. The van der Waals surface area contributed by atoms with E-state index in [-0.39, 0.29) is 5.60 Å². The molecule has 1 nitrogen and oxygen atoms in total. The Morgan fingerprint density at radius 3 is 2.85 bits per heavy atom. The molecular formula is C12H20O. The van der Waals surface area contributed by atoms with Gasteiger partial charge in [0.15, 0.2) is 0 Å². The predicted octanol–water partition coefficient (Wildman–Crippen LogP) is 3.16. The fourth-order valence-corrected chi connectivity index (χ4v) is 2.86. The molecule has 1 aliphatic carbocycles. The van der Waals surface area contributed by atoms with Crippen LogP contribution < -0.4 is 0 Å². The van der Waals surface area contributed by atoms with Crippen LogP contribution in [0.25, 0.3) is 0 Å². The third-order valence-corrected chi connectivity index (χ3v) is 3.89. The highest BCUT2D eigenvalue weighted by molar-refractivity contribution is 5.14. The summed E-state index contributed by atoms with van der Waals surface area (Å²) in [6.07, 6.45) is 5.36. The number of allylic oxidation sites excluding steroid dienone is 1. The Bertz CT molecular complexity index is 240. The minimum absolute atomic E-state index is 0.0904. The van der Waals surface area contributed by atoms with E-state index in [2.05, 4.69) is 33.8 Å². The van der Waals surface area contributed by atoms with Crippen LogP contribution >= 0.6 is 0 Å². The summed E-state index contributed by atoms with van der Waals surface area (Å²) in [6.45, 7) is 8.93. The van der Waals surface area contributed by atoms with Gasteiger partial charge in [-0.25, -0.2) is 0 Å². The zero-order chi connectivity index (χ0) is 9.64. The highest BCUT2D eigenvalue weighted by Gasteiger charge is 2.42. The Labute approximate surface area is 81.2 Å². The number of rotatable bonds is 0. The normalized spacial score (nSPS) is 42.8. The van der Waals surface area contributed by atoms with Crippen LogP contribution in [0.2, 0.25) is 0 Å². The zero-order valence-corrected chi connectivity index (χ0v) is 9.13. The monoisotopic (exact) mass is 180 g/mol. The van der Waals surface area contributed by atoms with E-state index in [1.807, 2.05) is 0 Å². The molecule has 1 saturated heterocycles. The first kappa shape index (κ1) is 9.26. The molecule has 0 aromatic heterocycles. The van der Waals surface area contributed by atoms with Crippen LogP contribution in [0.4, 0.5) is 0 Å². The van der Waals surface area contributed by atoms with Gasteiger partial charge >= 0.3 is 0 Å². The van der Waals surface area contributed by atoms with Gasteiger partial charge in [-0.3, -0.25) is 0 Å². The van der Waals surface area contributed by atoms with Gasteiger partial charge in [-0.2, -0.15) is 0 Å². The van der Waals surface area contributed by atoms with Crippen molar-refractivity contribution in [3.05, 3.63) is 11.6 Å². The Kier molecular flexibility index (Phi) is 2.03. The molecule has 0 radical (unpaired) electrons.